The summed E-state index contributed by atoms with van der Waals surface area (Å²) in [5, 5.41) is 2.29. The smallest absolute Gasteiger partial charge is 0.178 e. The zero-order chi connectivity index (χ0) is 44.6. The van der Waals surface area contributed by atoms with Gasteiger partial charge in [-0.2, -0.15) is 0 Å². The summed E-state index contributed by atoms with van der Waals surface area (Å²) in [4.78, 5) is 27.0. The first-order valence-electron chi connectivity index (χ1n) is 23.1. The molecule has 3 aromatic carbocycles. The zero-order valence-corrected chi connectivity index (χ0v) is 39.5. The molecule has 1 aliphatic rings. The Kier molecular flexibility index (Phi) is 15.2. The van der Waals surface area contributed by atoms with Crippen molar-refractivity contribution in [3.8, 4) is 22.8 Å². The number of aromatic nitrogens is 6. The van der Waals surface area contributed by atoms with Crippen LogP contribution in [0.15, 0.2) is 69.3 Å². The van der Waals surface area contributed by atoms with Gasteiger partial charge in [0.15, 0.2) is 41.2 Å². The minimum atomic E-state index is -3.65. The number of sulfone groups is 3. The molecule has 6 bridgehead atoms. The van der Waals surface area contributed by atoms with Crippen LogP contribution in [0.5, 0.6) is 0 Å². The van der Waals surface area contributed by atoms with Crippen molar-refractivity contribution in [2.45, 2.75) is 151 Å². The van der Waals surface area contributed by atoms with Gasteiger partial charge in [0, 0.05) is 32.7 Å². The van der Waals surface area contributed by atoms with Gasteiger partial charge in [0.2, 0.25) is 0 Å². The second-order valence-electron chi connectivity index (χ2n) is 17.1. The molecule has 0 saturated heterocycles. The highest BCUT2D eigenvalue weighted by Gasteiger charge is 2.25. The zero-order valence-electron chi connectivity index (χ0n) is 37.0. The molecule has 0 amide bonds. The summed E-state index contributed by atoms with van der Waals surface area (Å²) in [6, 6.07) is 14.8. The van der Waals surface area contributed by atoms with Crippen LogP contribution in [0.25, 0.3) is 66.9 Å². The second-order valence-corrected chi connectivity index (χ2v) is 23.4. The maximum absolute atomic E-state index is 13.7. The molecule has 0 spiro atoms. The van der Waals surface area contributed by atoms with E-state index in [0.717, 1.165) is 96.3 Å². The van der Waals surface area contributed by atoms with Crippen LogP contribution in [-0.4, -0.2) is 72.4 Å². The Morgan fingerprint density at radius 2 is 0.714 bits per heavy atom. The molecule has 0 radical (unpaired) electrons. The Bertz CT molecular complexity index is 3000. The maximum Gasteiger partial charge on any atom is 0.178 e. The van der Waals surface area contributed by atoms with Gasteiger partial charge < -0.3 is 9.97 Å². The Morgan fingerprint density at radius 3 is 1.14 bits per heavy atom. The highest BCUT2D eigenvalue weighted by Crippen LogP contribution is 2.38. The number of rotatable bonds is 24. The van der Waals surface area contributed by atoms with Crippen LogP contribution in [0.3, 0.4) is 0 Å². The van der Waals surface area contributed by atoms with E-state index in [1.807, 2.05) is 0 Å². The van der Waals surface area contributed by atoms with Gasteiger partial charge in [-0.05, 0) is 73.9 Å². The lowest BCUT2D eigenvalue weighted by atomic mass is 10.1. The third kappa shape index (κ3) is 10.9. The number of nitrogens with zero attached hydrogens (tertiary/aromatic N) is 4. The van der Waals surface area contributed by atoms with Crippen LogP contribution in [0.4, 0.5) is 0 Å². The lowest BCUT2D eigenvalue weighted by Crippen LogP contribution is -2.07. The van der Waals surface area contributed by atoms with E-state index >= 15 is 0 Å². The quantitative estimate of drug-likeness (QED) is 0.0553. The minimum absolute atomic E-state index is 0.0198. The number of benzene rings is 3. The van der Waals surface area contributed by atoms with Gasteiger partial charge in [0.25, 0.3) is 0 Å². The summed E-state index contributed by atoms with van der Waals surface area (Å²) in [5.74, 6) is 0.553. The first kappa shape index (κ1) is 46.5. The topological polar surface area (TPSA) is 186 Å². The summed E-state index contributed by atoms with van der Waals surface area (Å²) in [5.41, 5.74) is 2.48. The molecule has 1 aliphatic heterocycles. The number of H-pyrrole nitrogens is 2. The summed E-state index contributed by atoms with van der Waals surface area (Å²) >= 11 is 0. The normalized spacial score (nSPS) is 12.8. The van der Waals surface area contributed by atoms with Gasteiger partial charge >= 0.3 is 0 Å². The first-order valence-corrected chi connectivity index (χ1v) is 28.1. The fraction of sp³-hybridized carbons (Fsp3) is 0.500. The van der Waals surface area contributed by atoms with Crippen LogP contribution >= 0.6 is 0 Å². The van der Waals surface area contributed by atoms with E-state index in [2.05, 4.69) is 30.7 Å². The van der Waals surface area contributed by atoms with E-state index in [0.29, 0.717) is 74.5 Å². The van der Waals surface area contributed by atoms with Crippen molar-refractivity contribution in [1.82, 2.24) is 29.9 Å². The van der Waals surface area contributed by atoms with Crippen LogP contribution in [0.2, 0.25) is 0 Å². The molecular weight excluding hydrogens is 853 g/mol. The van der Waals surface area contributed by atoms with E-state index in [1.54, 1.807) is 54.6 Å². The maximum atomic E-state index is 13.7. The van der Waals surface area contributed by atoms with Crippen LogP contribution < -0.4 is 0 Å². The number of hydrogen-bond acceptors (Lipinski definition) is 10. The van der Waals surface area contributed by atoms with Gasteiger partial charge in [0.05, 0.1) is 31.9 Å². The van der Waals surface area contributed by atoms with Gasteiger partial charge in [-0.1, -0.05) is 117 Å². The lowest BCUT2D eigenvalue weighted by Gasteiger charge is -2.07. The van der Waals surface area contributed by atoms with Crippen molar-refractivity contribution in [1.29, 1.82) is 0 Å². The predicted molar refractivity (Wildman–Crippen MR) is 255 cm³/mol. The van der Waals surface area contributed by atoms with E-state index in [4.69, 9.17) is 19.9 Å². The molecule has 0 fully saturated rings. The average Bonchev–Trinajstić information content (AvgIpc) is 3.91. The molecule has 6 aromatic rings. The van der Waals surface area contributed by atoms with Gasteiger partial charge in [-0.15, -0.1) is 0 Å². The molecule has 2 N–H and O–H groups in total. The van der Waals surface area contributed by atoms with Crippen molar-refractivity contribution in [2.24, 2.45) is 0 Å². The Balaban J connectivity index is 1.36. The highest BCUT2D eigenvalue weighted by atomic mass is 32.2. The van der Waals surface area contributed by atoms with E-state index in [-0.39, 0.29) is 43.6 Å². The van der Waals surface area contributed by atoms with Crippen molar-refractivity contribution >= 4 is 73.6 Å². The summed E-state index contributed by atoms with van der Waals surface area (Å²) in [6.45, 7) is 6.45. The van der Waals surface area contributed by atoms with E-state index in [1.165, 1.54) is 0 Å². The number of nitrogens with one attached hydrogen (secondary N) is 2. The van der Waals surface area contributed by atoms with Crippen LogP contribution in [0.1, 0.15) is 136 Å². The molecular formula is C48H62N6O6S3. The molecule has 15 heteroatoms. The predicted octanol–water partition coefficient (Wildman–Crippen LogP) is 11.7. The molecule has 12 nitrogen and oxygen atoms in total. The van der Waals surface area contributed by atoms with E-state index < -0.39 is 29.5 Å². The summed E-state index contributed by atoms with van der Waals surface area (Å²) in [7, 11) is -10.9. The number of hydrogen-bond donors (Lipinski definition) is 2. The number of fused-ring (bicyclic) bond motifs is 15. The molecule has 3 aromatic heterocycles. The highest BCUT2D eigenvalue weighted by molar-refractivity contribution is 7.92. The third-order valence-electron chi connectivity index (χ3n) is 12.2. The molecule has 0 saturated carbocycles. The Labute approximate surface area is 372 Å². The van der Waals surface area contributed by atoms with Crippen LogP contribution in [0, 0.1) is 0 Å². The molecule has 0 aliphatic carbocycles. The van der Waals surface area contributed by atoms with E-state index in [9.17, 15) is 25.3 Å². The van der Waals surface area contributed by atoms with Crippen LogP contribution in [-0.2, 0) is 29.5 Å². The monoisotopic (exact) mass is 914 g/mol. The second kappa shape index (κ2) is 20.6. The third-order valence-corrected chi connectivity index (χ3v) is 17.6. The Hall–Kier alpha value is -4.47. The molecule has 0 unspecified atom stereocenters. The lowest BCUT2D eigenvalue weighted by molar-refractivity contribution is 0.582. The molecule has 63 heavy (non-hydrogen) atoms. The Morgan fingerprint density at radius 1 is 0.365 bits per heavy atom. The standard InChI is InChI=1S/C48H62N6O6S3/c1-4-7-10-13-16-19-28-61(55,56)34-22-25-37-40(31-34)46-50-43(37)49-44-38-26-23-35(62(57,58)29-20-17-14-11-8-5-2)32-41(38)47(51-44)54-48-42-33-36(24-27-39(42)45(52-46)53-48)63(59,60)30-21-18-15-12-9-6-3/h22-27,31-33H,4-21,28-30H2,1-3H3,(H2,49,50,51,52,53,54). The molecule has 7 rings (SSSR count). The fourth-order valence-corrected chi connectivity index (χ4v) is 12.6. The average molecular weight is 915 g/mol. The van der Waals surface area contributed by atoms with Gasteiger partial charge in [0.1, 0.15) is 22.6 Å². The SMILES string of the molecule is CCCCCCCCS(=O)(=O)c1ccc2c(c1)-c1nc-2nc2[nH]c(nc3[nH]c(n1)c1cc(S(=O)(=O)CCCCCCCC)ccc31)c1ccc(S(=O)(=O)CCCCCCCC)cc21. The molecule has 338 valence electrons. The van der Waals surface area contributed by atoms with Gasteiger partial charge in [-0.25, -0.2) is 45.2 Å². The summed E-state index contributed by atoms with van der Waals surface area (Å²) in [6.07, 6.45) is 17.2. The first-order chi connectivity index (χ1) is 30.3. The largest absolute Gasteiger partial charge is 0.324 e. The van der Waals surface area contributed by atoms with Gasteiger partial charge in [-0.3, -0.25) is 0 Å². The minimum Gasteiger partial charge on any atom is -0.324 e. The molecule has 0 atom stereocenters. The van der Waals surface area contributed by atoms with Crippen molar-refractivity contribution in [3.05, 3.63) is 54.6 Å². The molecule has 4 heterocycles. The van der Waals surface area contributed by atoms with Crippen molar-refractivity contribution in [3.63, 3.8) is 0 Å². The number of aromatic amines is 2. The number of unbranched alkanes of at least 4 members (excludes halogenated alkanes) is 15. The fourth-order valence-electron chi connectivity index (χ4n) is 8.47. The van der Waals surface area contributed by atoms with Crippen molar-refractivity contribution < 1.29 is 25.3 Å². The summed E-state index contributed by atoms with van der Waals surface area (Å²) < 4.78 is 82.3. The van der Waals surface area contributed by atoms with Crippen molar-refractivity contribution in [2.75, 3.05) is 17.3 Å².